The summed E-state index contributed by atoms with van der Waals surface area (Å²) >= 11 is 0. The molecule has 0 saturated carbocycles. The van der Waals surface area contributed by atoms with Crippen molar-refractivity contribution in [3.63, 3.8) is 0 Å². The SMILES string of the molecule is CCc1ccc(Cc2ccc(C(N)=O)cc2O[C@H]2O[C@H](COC(C)=O)[C@@H](OC(C)=O)[C@H](OC(C)=O)[C@H]2OC(C)=O)cc1. The number of primary amides is 1. The van der Waals surface area contributed by atoms with Crippen LogP contribution in [0.3, 0.4) is 0 Å². The van der Waals surface area contributed by atoms with Crippen LogP contribution in [-0.4, -0.2) is 67.1 Å². The van der Waals surface area contributed by atoms with Gasteiger partial charge in [0.2, 0.25) is 18.3 Å². The van der Waals surface area contributed by atoms with Gasteiger partial charge in [0.05, 0.1) is 0 Å². The van der Waals surface area contributed by atoms with E-state index in [9.17, 15) is 24.0 Å². The molecule has 12 heteroatoms. The monoisotopic (exact) mass is 585 g/mol. The third-order valence-electron chi connectivity index (χ3n) is 6.37. The predicted molar refractivity (Wildman–Crippen MR) is 146 cm³/mol. The minimum Gasteiger partial charge on any atom is -0.463 e. The first kappa shape index (κ1) is 32.1. The molecule has 5 atom stereocenters. The lowest BCUT2D eigenvalue weighted by Crippen LogP contribution is -2.63. The van der Waals surface area contributed by atoms with Crippen LogP contribution in [0.15, 0.2) is 42.5 Å². The molecule has 1 fully saturated rings. The molecule has 2 N–H and O–H groups in total. The van der Waals surface area contributed by atoms with Gasteiger partial charge >= 0.3 is 23.9 Å². The first-order valence-electron chi connectivity index (χ1n) is 13.4. The van der Waals surface area contributed by atoms with Crippen LogP contribution in [-0.2, 0) is 55.7 Å². The lowest BCUT2D eigenvalue weighted by Gasteiger charge is -2.44. The lowest BCUT2D eigenvalue weighted by atomic mass is 9.97. The van der Waals surface area contributed by atoms with Gasteiger partial charge in [0.15, 0.2) is 12.2 Å². The second-order valence-corrected chi connectivity index (χ2v) is 9.72. The molecule has 1 aliphatic heterocycles. The van der Waals surface area contributed by atoms with E-state index in [0.29, 0.717) is 12.0 Å². The van der Waals surface area contributed by atoms with Crippen LogP contribution in [0.4, 0.5) is 0 Å². The van der Waals surface area contributed by atoms with Crippen LogP contribution < -0.4 is 10.5 Å². The van der Waals surface area contributed by atoms with E-state index < -0.39 is 67.1 Å². The van der Waals surface area contributed by atoms with Crippen molar-refractivity contribution in [2.45, 2.75) is 78.2 Å². The molecule has 42 heavy (non-hydrogen) atoms. The molecular weight excluding hydrogens is 550 g/mol. The highest BCUT2D eigenvalue weighted by atomic mass is 16.7. The number of hydrogen-bond donors (Lipinski definition) is 1. The molecular formula is C30H35NO11. The van der Waals surface area contributed by atoms with E-state index in [1.807, 2.05) is 24.3 Å². The summed E-state index contributed by atoms with van der Waals surface area (Å²) in [6, 6.07) is 12.6. The Morgan fingerprint density at radius 1 is 0.762 bits per heavy atom. The Morgan fingerprint density at radius 3 is 1.88 bits per heavy atom. The zero-order valence-corrected chi connectivity index (χ0v) is 24.1. The van der Waals surface area contributed by atoms with Crippen LogP contribution in [0.1, 0.15) is 61.7 Å². The molecule has 0 bridgehead atoms. The predicted octanol–water partition coefficient (Wildman–Crippen LogP) is 2.40. The van der Waals surface area contributed by atoms with Crippen molar-refractivity contribution in [1.82, 2.24) is 0 Å². The van der Waals surface area contributed by atoms with E-state index in [0.717, 1.165) is 38.3 Å². The zero-order valence-electron chi connectivity index (χ0n) is 24.1. The highest BCUT2D eigenvalue weighted by Gasteiger charge is 2.53. The van der Waals surface area contributed by atoms with E-state index in [1.165, 1.54) is 13.0 Å². The van der Waals surface area contributed by atoms with Crippen LogP contribution in [0, 0.1) is 0 Å². The molecule has 226 valence electrons. The highest BCUT2D eigenvalue weighted by Crippen LogP contribution is 2.33. The maximum Gasteiger partial charge on any atom is 0.303 e. The normalized spacial score (nSPS) is 21.5. The fraction of sp³-hybridized carbons (Fsp3) is 0.433. The van der Waals surface area contributed by atoms with Gasteiger partial charge in [-0.25, -0.2) is 0 Å². The van der Waals surface area contributed by atoms with Gasteiger partial charge in [0.25, 0.3) is 0 Å². The molecule has 3 rings (SSSR count). The van der Waals surface area contributed by atoms with Gasteiger partial charge in [-0.3, -0.25) is 24.0 Å². The minimum atomic E-state index is -1.46. The number of hydrogen-bond acceptors (Lipinski definition) is 11. The molecule has 1 saturated heterocycles. The number of amides is 1. The topological polar surface area (TPSA) is 167 Å². The molecule has 2 aromatic carbocycles. The molecule has 0 aliphatic carbocycles. The second kappa shape index (κ2) is 14.4. The van der Waals surface area contributed by atoms with Gasteiger partial charge in [0.1, 0.15) is 18.5 Å². The number of esters is 4. The van der Waals surface area contributed by atoms with E-state index in [1.54, 1.807) is 12.1 Å². The standard InChI is InChI=1S/C30H35NO11/c1-6-20-7-9-21(10-8-20)13-22-11-12-23(29(31)36)14-24(22)41-30-28(40-19(5)35)27(39-18(4)34)26(38-17(3)33)25(42-30)15-37-16(2)32/h7-12,14,25-28,30H,6,13,15H2,1-5H3,(H2,31,36)/t25-,26-,27+,28-,30+/m1/s1. The Kier molecular flexibility index (Phi) is 11.0. The van der Waals surface area contributed by atoms with Crippen molar-refractivity contribution in [2.24, 2.45) is 5.73 Å². The number of benzene rings is 2. The molecule has 1 aliphatic rings. The Morgan fingerprint density at radius 2 is 1.33 bits per heavy atom. The number of carbonyl (C=O) groups excluding carboxylic acids is 5. The number of rotatable bonds is 11. The number of ether oxygens (including phenoxy) is 6. The quantitative estimate of drug-likeness (QED) is 0.304. The largest absolute Gasteiger partial charge is 0.463 e. The van der Waals surface area contributed by atoms with Crippen molar-refractivity contribution in [3.8, 4) is 5.75 Å². The van der Waals surface area contributed by atoms with Crippen LogP contribution in [0.25, 0.3) is 0 Å². The van der Waals surface area contributed by atoms with Crippen molar-refractivity contribution >= 4 is 29.8 Å². The molecule has 12 nitrogen and oxygen atoms in total. The van der Waals surface area contributed by atoms with Crippen molar-refractivity contribution in [3.05, 3.63) is 64.7 Å². The lowest BCUT2D eigenvalue weighted by molar-refractivity contribution is -0.288. The fourth-order valence-electron chi connectivity index (χ4n) is 4.49. The first-order valence-corrected chi connectivity index (χ1v) is 13.4. The van der Waals surface area contributed by atoms with E-state index in [2.05, 4.69) is 6.92 Å². The van der Waals surface area contributed by atoms with Gasteiger partial charge < -0.3 is 34.2 Å². The summed E-state index contributed by atoms with van der Waals surface area (Å²) in [6.07, 6.45) is -5.55. The van der Waals surface area contributed by atoms with E-state index in [-0.39, 0.29) is 11.3 Å². The molecule has 0 unspecified atom stereocenters. The summed E-state index contributed by atoms with van der Waals surface area (Å²) in [4.78, 5) is 59.9. The van der Waals surface area contributed by atoms with E-state index >= 15 is 0 Å². The Bertz CT molecular complexity index is 1310. The Labute approximate surface area is 243 Å². The summed E-state index contributed by atoms with van der Waals surface area (Å²) in [5.74, 6) is -3.47. The van der Waals surface area contributed by atoms with E-state index in [4.69, 9.17) is 34.2 Å². The van der Waals surface area contributed by atoms with Crippen LogP contribution in [0.5, 0.6) is 5.75 Å². The smallest absolute Gasteiger partial charge is 0.303 e. The fourth-order valence-corrected chi connectivity index (χ4v) is 4.49. The summed E-state index contributed by atoms with van der Waals surface area (Å²) < 4.78 is 33.7. The van der Waals surface area contributed by atoms with Crippen molar-refractivity contribution in [1.29, 1.82) is 0 Å². The molecule has 0 aromatic heterocycles. The van der Waals surface area contributed by atoms with Gasteiger partial charge in [0, 0.05) is 39.7 Å². The zero-order chi connectivity index (χ0) is 31.0. The number of aryl methyl sites for hydroxylation is 1. The molecule has 1 amide bonds. The van der Waals surface area contributed by atoms with Crippen LogP contribution >= 0.6 is 0 Å². The number of nitrogens with two attached hydrogens (primary N) is 1. The minimum absolute atomic E-state index is 0.140. The summed E-state index contributed by atoms with van der Waals surface area (Å²) in [5.41, 5.74) is 8.41. The molecule has 1 heterocycles. The number of carbonyl (C=O) groups is 5. The summed E-state index contributed by atoms with van der Waals surface area (Å²) in [6.45, 7) is 6.21. The molecule has 0 spiro atoms. The first-order chi connectivity index (χ1) is 19.9. The average Bonchev–Trinajstić information content (AvgIpc) is 2.91. The Hall–Kier alpha value is -4.45. The third kappa shape index (κ3) is 8.77. The third-order valence-corrected chi connectivity index (χ3v) is 6.37. The second-order valence-electron chi connectivity index (χ2n) is 9.72. The highest BCUT2D eigenvalue weighted by molar-refractivity contribution is 5.93. The maximum atomic E-state index is 12.2. The van der Waals surface area contributed by atoms with Crippen molar-refractivity contribution in [2.75, 3.05) is 6.61 Å². The van der Waals surface area contributed by atoms with Crippen molar-refractivity contribution < 1.29 is 52.4 Å². The summed E-state index contributed by atoms with van der Waals surface area (Å²) in [7, 11) is 0. The van der Waals surface area contributed by atoms with Gasteiger partial charge in [-0.2, -0.15) is 0 Å². The maximum absolute atomic E-state index is 12.2. The van der Waals surface area contributed by atoms with Gasteiger partial charge in [-0.15, -0.1) is 0 Å². The average molecular weight is 586 g/mol. The summed E-state index contributed by atoms with van der Waals surface area (Å²) in [5, 5.41) is 0. The molecule has 2 aromatic rings. The van der Waals surface area contributed by atoms with Gasteiger partial charge in [-0.05, 0) is 35.2 Å². The molecule has 0 radical (unpaired) electrons. The van der Waals surface area contributed by atoms with Gasteiger partial charge in [-0.1, -0.05) is 37.3 Å². The van der Waals surface area contributed by atoms with Crippen LogP contribution in [0.2, 0.25) is 0 Å². The Balaban J connectivity index is 2.07.